The SMILES string of the molecule is Clc1ccc(CSc2nsc(OCc3ccncn3)n2)cc1. The number of halogens is 1. The maximum atomic E-state index is 5.86. The Balaban J connectivity index is 1.51. The normalized spacial score (nSPS) is 10.6. The molecule has 0 N–H and O–H groups in total. The minimum atomic E-state index is 0.360. The van der Waals surface area contributed by atoms with Crippen LogP contribution < -0.4 is 4.74 Å². The van der Waals surface area contributed by atoms with Gasteiger partial charge in [-0.05, 0) is 23.8 Å². The molecule has 0 amide bonds. The van der Waals surface area contributed by atoms with Crippen LogP contribution in [0.2, 0.25) is 5.02 Å². The molecule has 0 unspecified atom stereocenters. The Bertz CT molecular complexity index is 721. The Kier molecular flexibility index (Phi) is 5.20. The molecule has 3 aromatic rings. The smallest absolute Gasteiger partial charge is 0.294 e. The Morgan fingerprint density at radius 1 is 1.18 bits per heavy atom. The van der Waals surface area contributed by atoms with E-state index in [9.17, 15) is 0 Å². The van der Waals surface area contributed by atoms with Gasteiger partial charge in [-0.15, -0.1) is 0 Å². The maximum Gasteiger partial charge on any atom is 0.294 e. The lowest BCUT2D eigenvalue weighted by atomic mass is 10.2. The lowest BCUT2D eigenvalue weighted by Crippen LogP contribution is -1.97. The molecule has 0 fully saturated rings. The van der Waals surface area contributed by atoms with Crippen molar-refractivity contribution in [3.05, 3.63) is 59.1 Å². The zero-order valence-electron chi connectivity index (χ0n) is 11.3. The summed E-state index contributed by atoms with van der Waals surface area (Å²) < 4.78 is 9.84. The molecule has 3 rings (SSSR count). The highest BCUT2D eigenvalue weighted by Crippen LogP contribution is 2.25. The predicted octanol–water partition coefficient (Wildman–Crippen LogP) is 3.85. The highest BCUT2D eigenvalue weighted by atomic mass is 35.5. The van der Waals surface area contributed by atoms with Gasteiger partial charge in [0.15, 0.2) is 0 Å². The fourth-order valence-corrected chi connectivity index (χ4v) is 3.16. The summed E-state index contributed by atoms with van der Waals surface area (Å²) in [6, 6.07) is 9.55. The van der Waals surface area contributed by atoms with Crippen LogP contribution in [0.3, 0.4) is 0 Å². The number of hydrogen-bond donors (Lipinski definition) is 0. The van der Waals surface area contributed by atoms with E-state index in [0.29, 0.717) is 17.0 Å². The van der Waals surface area contributed by atoms with Crippen molar-refractivity contribution in [1.29, 1.82) is 0 Å². The van der Waals surface area contributed by atoms with Gasteiger partial charge < -0.3 is 4.74 Å². The Morgan fingerprint density at radius 3 is 2.82 bits per heavy atom. The zero-order valence-corrected chi connectivity index (χ0v) is 13.7. The number of nitrogens with zero attached hydrogens (tertiary/aromatic N) is 4. The molecule has 0 saturated heterocycles. The van der Waals surface area contributed by atoms with Gasteiger partial charge in [-0.25, -0.2) is 9.97 Å². The average Bonchev–Trinajstić information content (AvgIpc) is 3.01. The molecule has 0 atom stereocenters. The van der Waals surface area contributed by atoms with Crippen LogP contribution in [0.4, 0.5) is 0 Å². The summed E-state index contributed by atoms with van der Waals surface area (Å²) in [4.78, 5) is 12.3. The van der Waals surface area contributed by atoms with Gasteiger partial charge in [0.05, 0.1) is 5.69 Å². The third-order valence-electron chi connectivity index (χ3n) is 2.66. The van der Waals surface area contributed by atoms with Crippen LogP contribution >= 0.6 is 34.9 Å². The lowest BCUT2D eigenvalue weighted by molar-refractivity contribution is 0.298. The summed E-state index contributed by atoms with van der Waals surface area (Å²) in [6.45, 7) is 0.360. The minimum Gasteiger partial charge on any atom is -0.462 e. The van der Waals surface area contributed by atoms with E-state index < -0.39 is 0 Å². The molecule has 0 aliphatic rings. The molecular weight excluding hydrogens is 340 g/mol. The number of aromatic nitrogens is 4. The van der Waals surface area contributed by atoms with Crippen LogP contribution in [-0.2, 0) is 12.4 Å². The van der Waals surface area contributed by atoms with Gasteiger partial charge in [-0.2, -0.15) is 9.36 Å². The molecule has 2 heterocycles. The van der Waals surface area contributed by atoms with Gasteiger partial charge in [0, 0.05) is 28.5 Å². The number of benzene rings is 1. The van der Waals surface area contributed by atoms with Crippen molar-refractivity contribution < 1.29 is 4.74 Å². The molecular formula is C14H11ClN4OS2. The van der Waals surface area contributed by atoms with Crippen molar-refractivity contribution in [2.45, 2.75) is 17.5 Å². The second kappa shape index (κ2) is 7.53. The second-order valence-corrected chi connectivity index (χ2v) is 6.34. The zero-order chi connectivity index (χ0) is 15.2. The van der Waals surface area contributed by atoms with Gasteiger partial charge in [0.25, 0.3) is 5.19 Å². The molecule has 0 saturated carbocycles. The molecule has 112 valence electrons. The third kappa shape index (κ3) is 4.40. The molecule has 2 aromatic heterocycles. The predicted molar refractivity (Wildman–Crippen MR) is 87.3 cm³/mol. The highest BCUT2D eigenvalue weighted by Gasteiger charge is 2.07. The molecule has 8 heteroatoms. The van der Waals surface area contributed by atoms with Crippen LogP contribution in [0.15, 0.2) is 48.0 Å². The van der Waals surface area contributed by atoms with Gasteiger partial charge in [-0.3, -0.25) is 0 Å². The molecule has 0 bridgehead atoms. The van der Waals surface area contributed by atoms with Gasteiger partial charge in [-0.1, -0.05) is 35.5 Å². The quantitative estimate of drug-likeness (QED) is 0.629. The van der Waals surface area contributed by atoms with Crippen LogP contribution in [0, 0.1) is 0 Å². The number of hydrogen-bond acceptors (Lipinski definition) is 7. The van der Waals surface area contributed by atoms with Crippen LogP contribution in [0.1, 0.15) is 11.3 Å². The van der Waals surface area contributed by atoms with Gasteiger partial charge in [0.2, 0.25) is 5.16 Å². The van der Waals surface area contributed by atoms with Crippen molar-refractivity contribution in [2.24, 2.45) is 0 Å². The first kappa shape index (κ1) is 15.2. The van der Waals surface area contributed by atoms with Crippen molar-refractivity contribution >= 4 is 34.9 Å². The van der Waals surface area contributed by atoms with Crippen LogP contribution in [0.25, 0.3) is 0 Å². The highest BCUT2D eigenvalue weighted by molar-refractivity contribution is 7.98. The van der Waals surface area contributed by atoms with Crippen molar-refractivity contribution in [2.75, 3.05) is 0 Å². The van der Waals surface area contributed by atoms with Crippen molar-refractivity contribution in [3.63, 3.8) is 0 Å². The molecule has 22 heavy (non-hydrogen) atoms. The van der Waals surface area contributed by atoms with E-state index in [-0.39, 0.29) is 0 Å². The molecule has 1 aromatic carbocycles. The van der Waals surface area contributed by atoms with E-state index in [1.807, 2.05) is 24.3 Å². The van der Waals surface area contributed by atoms with E-state index >= 15 is 0 Å². The Labute approximate surface area is 140 Å². The molecule has 0 aliphatic heterocycles. The van der Waals surface area contributed by atoms with Crippen molar-refractivity contribution in [3.8, 4) is 5.19 Å². The number of thioether (sulfide) groups is 1. The van der Waals surface area contributed by atoms with Crippen LogP contribution in [-0.4, -0.2) is 19.3 Å². The minimum absolute atomic E-state index is 0.360. The van der Waals surface area contributed by atoms with E-state index in [1.165, 1.54) is 23.4 Å². The largest absolute Gasteiger partial charge is 0.462 e. The van der Waals surface area contributed by atoms with Crippen LogP contribution in [0.5, 0.6) is 5.19 Å². The summed E-state index contributed by atoms with van der Waals surface area (Å²) in [5.74, 6) is 0.791. The first-order valence-electron chi connectivity index (χ1n) is 6.38. The number of ether oxygens (including phenoxy) is 1. The average molecular weight is 351 g/mol. The Hall–Kier alpha value is -1.70. The first-order chi connectivity index (χ1) is 10.8. The number of rotatable bonds is 6. The molecule has 0 aliphatic carbocycles. The topological polar surface area (TPSA) is 60.8 Å². The van der Waals surface area contributed by atoms with E-state index in [4.69, 9.17) is 16.3 Å². The summed E-state index contributed by atoms with van der Waals surface area (Å²) >= 11 is 8.66. The second-order valence-electron chi connectivity index (χ2n) is 4.25. The Morgan fingerprint density at radius 2 is 2.05 bits per heavy atom. The molecule has 5 nitrogen and oxygen atoms in total. The third-order valence-corrected chi connectivity index (χ3v) is 4.57. The van der Waals surface area contributed by atoms with Gasteiger partial charge >= 0.3 is 0 Å². The standard InChI is InChI=1S/C14H11ClN4OS2/c15-11-3-1-10(2-4-11)8-21-13-18-14(22-19-13)20-7-12-5-6-16-9-17-12/h1-6,9H,7-8H2. The maximum absolute atomic E-state index is 5.86. The monoisotopic (exact) mass is 350 g/mol. The fraction of sp³-hybridized carbons (Fsp3) is 0.143. The first-order valence-corrected chi connectivity index (χ1v) is 8.52. The van der Waals surface area contributed by atoms with E-state index in [0.717, 1.165) is 16.5 Å². The molecule has 0 spiro atoms. The van der Waals surface area contributed by atoms with Crippen molar-refractivity contribution in [1.82, 2.24) is 19.3 Å². The summed E-state index contributed by atoms with van der Waals surface area (Å²) in [6.07, 6.45) is 3.17. The summed E-state index contributed by atoms with van der Waals surface area (Å²) in [5.41, 5.74) is 1.98. The summed E-state index contributed by atoms with van der Waals surface area (Å²) in [5, 5.41) is 1.98. The molecule has 0 radical (unpaired) electrons. The van der Waals surface area contributed by atoms with E-state index in [2.05, 4.69) is 19.3 Å². The van der Waals surface area contributed by atoms with E-state index in [1.54, 1.807) is 24.0 Å². The summed E-state index contributed by atoms with van der Waals surface area (Å²) in [7, 11) is 0. The lowest BCUT2D eigenvalue weighted by Gasteiger charge is -2.00. The van der Waals surface area contributed by atoms with Gasteiger partial charge in [0.1, 0.15) is 12.9 Å². The fourth-order valence-electron chi connectivity index (χ4n) is 1.58.